The molecule has 0 unspecified atom stereocenters. The molecule has 0 bridgehead atoms. The Hall–Kier alpha value is -3.43. The maximum Gasteiger partial charge on any atom is 0.271 e. The molecule has 182 valence electrons. The number of sulfonamides is 1. The zero-order valence-electron chi connectivity index (χ0n) is 18.1. The van der Waals surface area contributed by atoms with Gasteiger partial charge in [0.15, 0.2) is 17.7 Å². The van der Waals surface area contributed by atoms with Gasteiger partial charge in [0, 0.05) is 21.2 Å². The zero-order chi connectivity index (χ0) is 25.3. The molecule has 36 heavy (non-hydrogen) atoms. The first-order chi connectivity index (χ1) is 17.3. The van der Waals surface area contributed by atoms with Gasteiger partial charge < -0.3 is 14.0 Å². The number of thioether (sulfide) groups is 1. The molecule has 0 aliphatic carbocycles. The lowest BCUT2D eigenvalue weighted by Gasteiger charge is -2.12. The molecule has 0 fully saturated rings. The van der Waals surface area contributed by atoms with Gasteiger partial charge in [0.2, 0.25) is 12.6 Å². The molecule has 0 atom stereocenters. The van der Waals surface area contributed by atoms with E-state index in [1.165, 1.54) is 30.1 Å². The average Bonchev–Trinajstić information content (AvgIpc) is 3.52. The van der Waals surface area contributed by atoms with E-state index in [4.69, 9.17) is 42.5 Å². The van der Waals surface area contributed by atoms with E-state index in [9.17, 15) is 8.42 Å². The molecule has 3 aromatic carbocycles. The van der Waals surface area contributed by atoms with Crippen molar-refractivity contribution in [1.29, 1.82) is 5.26 Å². The number of fused-ring (bicyclic) bond motifs is 1. The summed E-state index contributed by atoms with van der Waals surface area (Å²) in [5.74, 6) is 1.97. The van der Waals surface area contributed by atoms with Crippen LogP contribution in [0.25, 0.3) is 22.8 Å². The number of rotatable bonds is 7. The summed E-state index contributed by atoms with van der Waals surface area (Å²) in [6.07, 6.45) is 1.47. The Morgan fingerprint density at radius 1 is 1.06 bits per heavy atom. The number of halogens is 2. The van der Waals surface area contributed by atoms with Crippen LogP contribution in [0.1, 0.15) is 5.56 Å². The summed E-state index contributed by atoms with van der Waals surface area (Å²) >= 11 is 13.7. The Labute approximate surface area is 220 Å². The summed E-state index contributed by atoms with van der Waals surface area (Å²) in [6, 6.07) is 15.1. The molecule has 0 saturated carbocycles. The van der Waals surface area contributed by atoms with E-state index in [1.807, 2.05) is 16.9 Å². The molecule has 5 rings (SSSR count). The number of aromatic nitrogens is 2. The molecule has 2 heterocycles. The number of ether oxygens (including phenoxy) is 2. The molecule has 9 nitrogen and oxygen atoms in total. The van der Waals surface area contributed by atoms with Crippen LogP contribution in [0.5, 0.6) is 11.5 Å². The highest BCUT2D eigenvalue weighted by Crippen LogP contribution is 2.39. The van der Waals surface area contributed by atoms with Gasteiger partial charge in [0.25, 0.3) is 15.9 Å². The van der Waals surface area contributed by atoms with Crippen molar-refractivity contribution in [1.82, 2.24) is 14.9 Å². The third-order valence-electron chi connectivity index (χ3n) is 5.09. The highest BCUT2D eigenvalue weighted by molar-refractivity contribution is 7.99. The average molecular weight is 561 g/mol. The molecule has 0 radical (unpaired) electrons. The van der Waals surface area contributed by atoms with Crippen LogP contribution in [-0.2, 0) is 15.8 Å². The number of hydrogen-bond acceptors (Lipinski definition) is 9. The maximum absolute atomic E-state index is 12.9. The van der Waals surface area contributed by atoms with E-state index >= 15 is 0 Å². The van der Waals surface area contributed by atoms with E-state index in [0.717, 1.165) is 5.56 Å². The molecule has 0 saturated heterocycles. The van der Waals surface area contributed by atoms with Gasteiger partial charge in [-0.1, -0.05) is 34.4 Å². The van der Waals surface area contributed by atoms with Crippen molar-refractivity contribution >= 4 is 45.0 Å². The molecule has 1 aliphatic rings. The third kappa shape index (κ3) is 4.94. The Morgan fingerprint density at radius 3 is 2.61 bits per heavy atom. The molecule has 4 aromatic rings. The standard InChI is InChI=1S/C23H14Cl2N4O5S2/c24-15-4-2-14(3-5-15)22-28-23(34-29-22)16-8-21(36(30,31)27-11-26)20(9-17(16)25)35-10-13-1-6-18-19(7-13)33-12-32-18/h1-9,27H,10,12H2. The van der Waals surface area contributed by atoms with Gasteiger partial charge in [-0.2, -0.15) is 10.2 Å². The van der Waals surface area contributed by atoms with Gasteiger partial charge >= 0.3 is 0 Å². The SMILES string of the molecule is N#CNS(=O)(=O)c1cc(-c2nc(-c3ccc(Cl)cc3)no2)c(Cl)cc1SCc1ccc2c(c1)OCO2. The predicted molar refractivity (Wildman–Crippen MR) is 133 cm³/mol. The summed E-state index contributed by atoms with van der Waals surface area (Å²) in [4.78, 5) is 4.53. The van der Waals surface area contributed by atoms with Gasteiger partial charge in [-0.25, -0.2) is 13.1 Å². The van der Waals surface area contributed by atoms with Crippen LogP contribution < -0.4 is 14.2 Å². The summed E-state index contributed by atoms with van der Waals surface area (Å²) in [5, 5.41) is 13.7. The minimum Gasteiger partial charge on any atom is -0.454 e. The van der Waals surface area contributed by atoms with Gasteiger partial charge in [0.05, 0.1) is 10.6 Å². The van der Waals surface area contributed by atoms with Crippen LogP contribution in [0.2, 0.25) is 10.0 Å². The van der Waals surface area contributed by atoms with Crippen molar-refractivity contribution in [2.24, 2.45) is 0 Å². The van der Waals surface area contributed by atoms with Gasteiger partial charge in [-0.05, 0) is 54.1 Å². The first-order valence-corrected chi connectivity index (χ1v) is 13.4. The molecular weight excluding hydrogens is 547 g/mol. The molecule has 0 amide bonds. The number of nitrogens with zero attached hydrogens (tertiary/aromatic N) is 3. The van der Waals surface area contributed by atoms with Crippen LogP contribution in [0.3, 0.4) is 0 Å². The third-order valence-corrected chi connectivity index (χ3v) is 8.19. The van der Waals surface area contributed by atoms with E-state index < -0.39 is 10.0 Å². The molecule has 13 heteroatoms. The number of nitriles is 1. The fraction of sp³-hybridized carbons (Fsp3) is 0.0870. The Balaban J connectivity index is 1.49. The lowest BCUT2D eigenvalue weighted by Crippen LogP contribution is -2.19. The van der Waals surface area contributed by atoms with E-state index in [1.54, 1.807) is 30.3 Å². The van der Waals surface area contributed by atoms with Crippen LogP contribution >= 0.6 is 35.0 Å². The van der Waals surface area contributed by atoms with Crippen LogP contribution in [-0.4, -0.2) is 25.4 Å². The molecular formula is C23H14Cl2N4O5S2. The number of nitrogens with one attached hydrogen (secondary N) is 1. The van der Waals surface area contributed by atoms with Crippen molar-refractivity contribution in [3.8, 4) is 40.5 Å². The fourth-order valence-electron chi connectivity index (χ4n) is 3.38. The smallest absolute Gasteiger partial charge is 0.271 e. The summed E-state index contributed by atoms with van der Waals surface area (Å²) in [6.45, 7) is 0.153. The Kier molecular flexibility index (Phi) is 6.68. The normalized spacial score (nSPS) is 12.4. The summed E-state index contributed by atoms with van der Waals surface area (Å²) in [7, 11) is -4.19. The van der Waals surface area contributed by atoms with Crippen molar-refractivity contribution in [3.05, 3.63) is 70.2 Å². The number of benzene rings is 3. The fourth-order valence-corrected chi connectivity index (χ4v) is 6.05. The van der Waals surface area contributed by atoms with Gasteiger partial charge in [-0.15, -0.1) is 11.8 Å². The maximum atomic E-state index is 12.9. The monoisotopic (exact) mass is 560 g/mol. The van der Waals surface area contributed by atoms with Gasteiger partial charge in [0.1, 0.15) is 4.90 Å². The second kappa shape index (κ2) is 9.91. The van der Waals surface area contributed by atoms with Gasteiger partial charge in [-0.3, -0.25) is 0 Å². The Bertz CT molecular complexity index is 1600. The first kappa shape index (κ1) is 24.3. The molecule has 1 aliphatic heterocycles. The summed E-state index contributed by atoms with van der Waals surface area (Å²) < 4.78 is 43.7. The quantitative estimate of drug-likeness (QED) is 0.177. The molecule has 1 aromatic heterocycles. The highest BCUT2D eigenvalue weighted by Gasteiger charge is 2.24. The second-order valence-corrected chi connectivity index (χ2v) is 10.9. The minimum atomic E-state index is -4.19. The van der Waals surface area contributed by atoms with Crippen molar-refractivity contribution < 1.29 is 22.4 Å². The Morgan fingerprint density at radius 2 is 1.83 bits per heavy atom. The topological polar surface area (TPSA) is 127 Å². The van der Waals surface area contributed by atoms with Crippen molar-refractivity contribution in [2.75, 3.05) is 6.79 Å². The summed E-state index contributed by atoms with van der Waals surface area (Å²) in [5.41, 5.74) is 1.74. The first-order valence-electron chi connectivity index (χ1n) is 10.2. The highest BCUT2D eigenvalue weighted by atomic mass is 35.5. The lowest BCUT2D eigenvalue weighted by atomic mass is 10.2. The predicted octanol–water partition coefficient (Wildman–Crippen LogP) is 5.49. The second-order valence-electron chi connectivity index (χ2n) is 7.40. The van der Waals surface area contributed by atoms with Crippen LogP contribution in [0.4, 0.5) is 0 Å². The van der Waals surface area contributed by atoms with E-state index in [0.29, 0.717) is 32.7 Å². The van der Waals surface area contributed by atoms with E-state index in [-0.39, 0.29) is 34.0 Å². The van der Waals surface area contributed by atoms with E-state index in [2.05, 4.69) is 10.1 Å². The largest absolute Gasteiger partial charge is 0.454 e. The van der Waals surface area contributed by atoms with Crippen molar-refractivity contribution in [2.45, 2.75) is 15.5 Å². The molecule has 1 N–H and O–H groups in total. The molecule has 0 spiro atoms. The zero-order valence-corrected chi connectivity index (χ0v) is 21.2. The number of hydrogen-bond donors (Lipinski definition) is 1. The van der Waals surface area contributed by atoms with Crippen LogP contribution in [0, 0.1) is 11.5 Å². The van der Waals surface area contributed by atoms with Crippen LogP contribution in [0.15, 0.2) is 68.9 Å². The lowest BCUT2D eigenvalue weighted by molar-refractivity contribution is 0.174. The van der Waals surface area contributed by atoms with Crippen molar-refractivity contribution in [3.63, 3.8) is 0 Å². The minimum absolute atomic E-state index is 0.0191.